The maximum absolute atomic E-state index is 13.0. The third kappa shape index (κ3) is 6.47. The van der Waals surface area contributed by atoms with Gasteiger partial charge in [-0.3, -0.25) is 14.9 Å². The Hall–Kier alpha value is -4.08. The lowest BCUT2D eigenvalue weighted by molar-refractivity contribution is -0.118. The van der Waals surface area contributed by atoms with E-state index >= 15 is 0 Å². The van der Waals surface area contributed by atoms with E-state index in [1.807, 2.05) is 18.2 Å². The molecule has 0 atom stereocenters. The Morgan fingerprint density at radius 3 is 2.61 bits per heavy atom. The summed E-state index contributed by atoms with van der Waals surface area (Å²) in [6, 6.07) is 15.8. The lowest BCUT2D eigenvalue weighted by atomic mass is 10.0. The summed E-state index contributed by atoms with van der Waals surface area (Å²) in [6.45, 7) is 2.66. The Bertz CT molecular complexity index is 1450. The molecular weight excluding hydrogens is 546 g/mol. The number of para-hydroxylation sites is 1. The number of nitrogens with one attached hydrogen (secondary N) is 1. The molecule has 3 aromatic carbocycles. The van der Waals surface area contributed by atoms with Crippen molar-refractivity contribution in [1.29, 1.82) is 0 Å². The molecule has 2 N–H and O–H groups in total. The van der Waals surface area contributed by atoms with Gasteiger partial charge in [0, 0.05) is 44.2 Å². The van der Waals surface area contributed by atoms with Crippen LogP contribution in [-0.4, -0.2) is 67.7 Å². The van der Waals surface area contributed by atoms with Crippen LogP contribution in [-0.2, 0) is 16.0 Å². The molecule has 0 unspecified atom stereocenters. The molecule has 0 aromatic heterocycles. The van der Waals surface area contributed by atoms with Crippen molar-refractivity contribution in [3.8, 4) is 22.6 Å². The van der Waals surface area contributed by atoms with Crippen molar-refractivity contribution in [3.05, 3.63) is 70.7 Å². The first-order chi connectivity index (χ1) is 19.9. The quantitative estimate of drug-likeness (QED) is 0.339. The smallest absolute Gasteiger partial charge is 0.411 e. The molecule has 0 radical (unpaired) electrons. The van der Waals surface area contributed by atoms with Crippen molar-refractivity contribution in [3.63, 3.8) is 0 Å². The number of hydrogen-bond donors (Lipinski definition) is 2. The van der Waals surface area contributed by atoms with Crippen LogP contribution in [0.3, 0.4) is 0 Å². The van der Waals surface area contributed by atoms with Gasteiger partial charge in [0.15, 0.2) is 6.29 Å². The van der Waals surface area contributed by atoms with Gasteiger partial charge in [-0.25, -0.2) is 4.79 Å². The minimum absolute atomic E-state index is 0.00722. The predicted molar refractivity (Wildman–Crippen MR) is 157 cm³/mol. The monoisotopic (exact) mass is 577 g/mol. The number of carbonyl (C=O) groups is 3. The number of aldehydes is 1. The van der Waals surface area contributed by atoms with Crippen LogP contribution >= 0.6 is 11.6 Å². The lowest BCUT2D eigenvalue weighted by Crippen LogP contribution is -2.40. The third-order valence-electron chi connectivity index (χ3n) is 7.63. The van der Waals surface area contributed by atoms with Gasteiger partial charge in [-0.1, -0.05) is 35.9 Å². The molecule has 2 amide bonds. The average molecular weight is 578 g/mol. The number of methoxy groups -OCH3 is 1. The molecule has 1 saturated heterocycles. The van der Waals surface area contributed by atoms with E-state index in [4.69, 9.17) is 21.1 Å². The van der Waals surface area contributed by atoms with Crippen LogP contribution in [0.4, 0.5) is 16.2 Å². The van der Waals surface area contributed by atoms with Crippen molar-refractivity contribution >= 4 is 41.3 Å². The Balaban J connectivity index is 1.10. The topological polar surface area (TPSA) is 108 Å². The molecule has 1 fully saturated rings. The molecule has 41 heavy (non-hydrogen) atoms. The summed E-state index contributed by atoms with van der Waals surface area (Å²) in [5.41, 5.74) is 4.38. The number of nitrogens with zero attached hydrogens (tertiary/aromatic N) is 2. The molecular formula is C31H32ClN3O6. The molecule has 0 saturated carbocycles. The first-order valence-corrected chi connectivity index (χ1v) is 14.0. The number of phenols is 1. The number of aromatic hydroxyl groups is 1. The number of hydrogen-bond acceptors (Lipinski definition) is 7. The van der Waals surface area contributed by atoms with Crippen LogP contribution in [0, 0.1) is 0 Å². The second-order valence-electron chi connectivity index (χ2n) is 10.2. The summed E-state index contributed by atoms with van der Waals surface area (Å²) in [6.07, 6.45) is 2.46. The first kappa shape index (κ1) is 28.4. The summed E-state index contributed by atoms with van der Waals surface area (Å²) in [5.74, 6) is 0.501. The molecule has 10 heteroatoms. The lowest BCUT2D eigenvalue weighted by Gasteiger charge is -2.31. The van der Waals surface area contributed by atoms with Crippen molar-refractivity contribution in [2.24, 2.45) is 0 Å². The molecule has 214 valence electrons. The predicted octanol–water partition coefficient (Wildman–Crippen LogP) is 5.53. The zero-order valence-electron chi connectivity index (χ0n) is 22.8. The number of halogens is 1. The van der Waals surface area contributed by atoms with Gasteiger partial charge < -0.3 is 24.4 Å². The van der Waals surface area contributed by atoms with Gasteiger partial charge in [0.2, 0.25) is 5.91 Å². The molecule has 0 aliphatic carbocycles. The van der Waals surface area contributed by atoms with E-state index in [1.165, 1.54) is 13.2 Å². The Morgan fingerprint density at radius 1 is 1.10 bits per heavy atom. The number of fused-ring (bicyclic) bond motifs is 1. The maximum Gasteiger partial charge on any atom is 0.411 e. The number of ether oxygens (including phenoxy) is 2. The third-order valence-corrected chi connectivity index (χ3v) is 7.93. The highest BCUT2D eigenvalue weighted by Crippen LogP contribution is 2.35. The van der Waals surface area contributed by atoms with Gasteiger partial charge in [-0.05, 0) is 54.7 Å². The number of amides is 2. The summed E-state index contributed by atoms with van der Waals surface area (Å²) >= 11 is 6.07. The van der Waals surface area contributed by atoms with E-state index in [0.29, 0.717) is 55.8 Å². The number of likely N-dealkylation sites (tertiary alicyclic amines) is 1. The normalized spacial score (nSPS) is 15.3. The molecule has 2 aliphatic heterocycles. The van der Waals surface area contributed by atoms with Crippen LogP contribution in [0.2, 0.25) is 5.02 Å². The molecule has 2 aliphatic rings. The second kappa shape index (κ2) is 12.6. The fourth-order valence-electron chi connectivity index (χ4n) is 5.41. The number of benzene rings is 3. The highest BCUT2D eigenvalue weighted by molar-refractivity contribution is 6.32. The fraction of sp³-hybridized carbons (Fsp3) is 0.323. The molecule has 0 spiro atoms. The van der Waals surface area contributed by atoms with Crippen molar-refractivity contribution in [1.82, 2.24) is 4.90 Å². The van der Waals surface area contributed by atoms with Crippen LogP contribution in [0.15, 0.2) is 54.6 Å². The zero-order valence-corrected chi connectivity index (χ0v) is 23.5. The van der Waals surface area contributed by atoms with Crippen LogP contribution < -0.4 is 15.0 Å². The fourth-order valence-corrected chi connectivity index (χ4v) is 5.59. The highest BCUT2D eigenvalue weighted by Gasteiger charge is 2.28. The van der Waals surface area contributed by atoms with E-state index < -0.39 is 6.09 Å². The molecule has 3 aromatic rings. The Morgan fingerprint density at radius 2 is 1.88 bits per heavy atom. The summed E-state index contributed by atoms with van der Waals surface area (Å²) < 4.78 is 11.0. The maximum atomic E-state index is 13.0. The Labute approximate surface area is 243 Å². The minimum atomic E-state index is -0.531. The van der Waals surface area contributed by atoms with E-state index in [-0.39, 0.29) is 22.8 Å². The molecule has 9 nitrogen and oxygen atoms in total. The standard InChI is InChI=1S/C31H32ClN3O6/c1-40-29-18-27-21(16-22(29)19-36)8-15-35(27)30(38)11-14-34-12-9-23(10-13-34)41-31(39)33-26-5-3-2-4-24(26)20-6-7-28(37)25(32)17-20/h2-7,16-19,23,37H,8-15H2,1H3,(H,33,39). The zero-order chi connectivity index (χ0) is 28.9. The van der Waals surface area contributed by atoms with Crippen molar-refractivity contribution in [2.75, 3.05) is 43.5 Å². The van der Waals surface area contributed by atoms with Crippen LogP contribution in [0.1, 0.15) is 35.2 Å². The van der Waals surface area contributed by atoms with Gasteiger partial charge in [0.05, 0.1) is 29.1 Å². The van der Waals surface area contributed by atoms with Gasteiger partial charge in [0.1, 0.15) is 17.6 Å². The summed E-state index contributed by atoms with van der Waals surface area (Å²) in [5, 5.41) is 12.8. The molecule has 2 heterocycles. The number of rotatable bonds is 8. The van der Waals surface area contributed by atoms with Gasteiger partial charge >= 0.3 is 6.09 Å². The van der Waals surface area contributed by atoms with Crippen LogP contribution in [0.25, 0.3) is 11.1 Å². The van der Waals surface area contributed by atoms with Gasteiger partial charge in [0.25, 0.3) is 0 Å². The minimum Gasteiger partial charge on any atom is -0.506 e. The van der Waals surface area contributed by atoms with Crippen molar-refractivity contribution in [2.45, 2.75) is 31.8 Å². The Kier molecular flexibility index (Phi) is 8.75. The number of carbonyl (C=O) groups excluding carboxylic acids is 3. The van der Waals surface area contributed by atoms with Crippen molar-refractivity contribution < 1.29 is 29.0 Å². The number of phenolic OH excluding ortho intramolecular Hbond substituents is 1. The van der Waals surface area contributed by atoms with E-state index in [1.54, 1.807) is 35.2 Å². The summed E-state index contributed by atoms with van der Waals surface area (Å²) in [4.78, 5) is 41.1. The second-order valence-corrected chi connectivity index (χ2v) is 10.6. The largest absolute Gasteiger partial charge is 0.506 e. The first-order valence-electron chi connectivity index (χ1n) is 13.6. The highest BCUT2D eigenvalue weighted by atomic mass is 35.5. The van der Waals surface area contributed by atoms with E-state index in [9.17, 15) is 19.5 Å². The average Bonchev–Trinajstić information content (AvgIpc) is 3.40. The SMILES string of the molecule is COc1cc2c(cc1C=O)CCN2C(=O)CCN1CCC(OC(=O)Nc2ccccc2-c2ccc(O)c(Cl)c2)CC1. The van der Waals surface area contributed by atoms with E-state index in [0.717, 1.165) is 41.8 Å². The van der Waals surface area contributed by atoms with Gasteiger partial charge in [-0.2, -0.15) is 0 Å². The van der Waals surface area contributed by atoms with E-state index in [2.05, 4.69) is 10.2 Å². The number of piperidine rings is 1. The summed E-state index contributed by atoms with van der Waals surface area (Å²) in [7, 11) is 1.51. The number of anilines is 2. The molecule has 0 bridgehead atoms. The van der Waals surface area contributed by atoms with Crippen LogP contribution in [0.5, 0.6) is 11.5 Å². The van der Waals surface area contributed by atoms with Gasteiger partial charge in [-0.15, -0.1) is 0 Å². The molecule has 5 rings (SSSR count).